The van der Waals surface area contributed by atoms with Crippen molar-refractivity contribution < 1.29 is 4.79 Å². The maximum absolute atomic E-state index is 13.9. The van der Waals surface area contributed by atoms with Crippen molar-refractivity contribution in [3.63, 3.8) is 0 Å². The summed E-state index contributed by atoms with van der Waals surface area (Å²) in [5.74, 6) is 0.0646. The standard InChI is InChI=1S/C31H34OSi2/c1-33(2,3)25-19-15-23(16-20-25)27-11-7-9-13-29(27)31(32)30-14-10-8-12-28(30)24-17-21-26(22-18-24)34(4,5)6/h7-22H,1-6H3. The smallest absolute Gasteiger partial charge is 0.194 e. The van der Waals surface area contributed by atoms with Gasteiger partial charge in [0.05, 0.1) is 16.1 Å². The summed E-state index contributed by atoms with van der Waals surface area (Å²) in [7, 11) is -2.74. The minimum absolute atomic E-state index is 0.0646. The van der Waals surface area contributed by atoms with E-state index in [0.717, 1.165) is 33.4 Å². The molecular weight excluding hydrogens is 445 g/mol. The topological polar surface area (TPSA) is 17.1 Å². The lowest BCUT2D eigenvalue weighted by Crippen LogP contribution is -2.37. The summed E-state index contributed by atoms with van der Waals surface area (Å²) in [5.41, 5.74) is 5.63. The van der Waals surface area contributed by atoms with Crippen molar-refractivity contribution in [3.8, 4) is 22.3 Å². The Morgan fingerprint density at radius 1 is 0.471 bits per heavy atom. The summed E-state index contributed by atoms with van der Waals surface area (Å²) in [6.45, 7) is 14.1. The van der Waals surface area contributed by atoms with E-state index in [-0.39, 0.29) is 5.78 Å². The van der Waals surface area contributed by atoms with Crippen LogP contribution in [0.3, 0.4) is 0 Å². The molecule has 3 heteroatoms. The Kier molecular flexibility index (Phi) is 6.61. The molecule has 0 bridgehead atoms. The van der Waals surface area contributed by atoms with Gasteiger partial charge in [0.2, 0.25) is 0 Å². The Hall–Kier alpha value is -3.02. The van der Waals surface area contributed by atoms with Gasteiger partial charge in [0.1, 0.15) is 0 Å². The van der Waals surface area contributed by atoms with Gasteiger partial charge in [-0.3, -0.25) is 4.79 Å². The van der Waals surface area contributed by atoms with E-state index in [9.17, 15) is 4.79 Å². The monoisotopic (exact) mass is 478 g/mol. The van der Waals surface area contributed by atoms with Crippen LogP contribution in [0, 0.1) is 0 Å². The number of carbonyl (C=O) groups is 1. The van der Waals surface area contributed by atoms with Gasteiger partial charge in [-0.15, -0.1) is 0 Å². The third kappa shape index (κ3) is 5.06. The van der Waals surface area contributed by atoms with Gasteiger partial charge in [-0.25, -0.2) is 0 Å². The largest absolute Gasteiger partial charge is 0.289 e. The van der Waals surface area contributed by atoms with Crippen molar-refractivity contribution in [3.05, 3.63) is 108 Å². The van der Waals surface area contributed by atoms with Crippen molar-refractivity contribution in [1.29, 1.82) is 0 Å². The molecule has 4 rings (SSSR count). The predicted molar refractivity (Wildman–Crippen MR) is 153 cm³/mol. The lowest BCUT2D eigenvalue weighted by molar-refractivity contribution is 0.104. The average Bonchev–Trinajstić information content (AvgIpc) is 2.83. The van der Waals surface area contributed by atoms with E-state index < -0.39 is 16.1 Å². The molecule has 0 radical (unpaired) electrons. The van der Waals surface area contributed by atoms with E-state index in [1.165, 1.54) is 10.4 Å². The molecule has 0 atom stereocenters. The second-order valence-electron chi connectivity index (χ2n) is 11.1. The van der Waals surface area contributed by atoms with E-state index in [2.05, 4.69) is 99.9 Å². The maximum atomic E-state index is 13.9. The minimum atomic E-state index is -1.37. The lowest BCUT2D eigenvalue weighted by atomic mass is 9.90. The van der Waals surface area contributed by atoms with Crippen molar-refractivity contribution in [1.82, 2.24) is 0 Å². The third-order valence-corrected chi connectivity index (χ3v) is 10.6. The lowest BCUT2D eigenvalue weighted by Gasteiger charge is -2.18. The molecule has 0 aliphatic rings. The summed E-state index contributed by atoms with van der Waals surface area (Å²) in [6, 6.07) is 33.6. The van der Waals surface area contributed by atoms with Crippen LogP contribution in [0.25, 0.3) is 22.3 Å². The van der Waals surface area contributed by atoms with Gasteiger partial charge in [-0.1, -0.05) is 147 Å². The fourth-order valence-electron chi connectivity index (χ4n) is 4.31. The molecule has 1 nitrogen and oxygen atoms in total. The summed E-state index contributed by atoms with van der Waals surface area (Å²) >= 11 is 0. The zero-order valence-corrected chi connectivity index (χ0v) is 23.1. The molecule has 0 fully saturated rings. The maximum Gasteiger partial charge on any atom is 0.194 e. The molecule has 4 aromatic rings. The van der Waals surface area contributed by atoms with Gasteiger partial charge in [0.25, 0.3) is 0 Å². The predicted octanol–water partition coefficient (Wildman–Crippen LogP) is 7.34. The second kappa shape index (κ2) is 9.32. The van der Waals surface area contributed by atoms with Gasteiger partial charge in [0.15, 0.2) is 5.78 Å². The highest BCUT2D eigenvalue weighted by molar-refractivity contribution is 6.89. The number of hydrogen-bond donors (Lipinski definition) is 0. The molecule has 0 saturated carbocycles. The number of benzene rings is 4. The Morgan fingerprint density at radius 3 is 1.12 bits per heavy atom. The van der Waals surface area contributed by atoms with Gasteiger partial charge in [-0.05, 0) is 22.3 Å². The van der Waals surface area contributed by atoms with Crippen molar-refractivity contribution in [2.24, 2.45) is 0 Å². The molecular formula is C31H34OSi2. The van der Waals surface area contributed by atoms with Crippen LogP contribution in [0.15, 0.2) is 97.1 Å². The number of rotatable bonds is 6. The van der Waals surface area contributed by atoms with Gasteiger partial charge < -0.3 is 0 Å². The number of ketones is 1. The molecule has 0 saturated heterocycles. The third-order valence-electron chi connectivity index (χ3n) is 6.47. The Bertz CT molecular complexity index is 1200. The molecule has 34 heavy (non-hydrogen) atoms. The van der Waals surface area contributed by atoms with Crippen LogP contribution in [-0.2, 0) is 0 Å². The summed E-state index contributed by atoms with van der Waals surface area (Å²) in [5, 5.41) is 2.85. The molecule has 0 aliphatic heterocycles. The quantitative estimate of drug-likeness (QED) is 0.209. The molecule has 0 N–H and O–H groups in total. The van der Waals surface area contributed by atoms with E-state index in [1.54, 1.807) is 0 Å². The molecule has 172 valence electrons. The first-order valence-electron chi connectivity index (χ1n) is 12.0. The van der Waals surface area contributed by atoms with Crippen LogP contribution in [0.2, 0.25) is 39.3 Å². The molecule has 4 aromatic carbocycles. The highest BCUT2D eigenvalue weighted by Crippen LogP contribution is 2.30. The van der Waals surface area contributed by atoms with E-state index >= 15 is 0 Å². The Morgan fingerprint density at radius 2 is 0.794 bits per heavy atom. The molecule has 0 aromatic heterocycles. The summed E-state index contributed by atoms with van der Waals surface area (Å²) in [4.78, 5) is 13.9. The fourth-order valence-corrected chi connectivity index (χ4v) is 6.64. The van der Waals surface area contributed by atoms with Crippen molar-refractivity contribution >= 4 is 32.3 Å². The van der Waals surface area contributed by atoms with Gasteiger partial charge in [-0.2, -0.15) is 0 Å². The van der Waals surface area contributed by atoms with E-state index in [1.807, 2.05) is 36.4 Å². The second-order valence-corrected chi connectivity index (χ2v) is 21.2. The van der Waals surface area contributed by atoms with Crippen LogP contribution in [0.4, 0.5) is 0 Å². The fraction of sp³-hybridized carbons (Fsp3) is 0.194. The minimum Gasteiger partial charge on any atom is -0.289 e. The first kappa shape index (κ1) is 24.1. The van der Waals surface area contributed by atoms with Crippen LogP contribution in [0.1, 0.15) is 15.9 Å². The first-order chi connectivity index (χ1) is 16.1. The molecule has 0 amide bonds. The average molecular weight is 479 g/mol. The van der Waals surface area contributed by atoms with Crippen LogP contribution < -0.4 is 10.4 Å². The summed E-state index contributed by atoms with van der Waals surface area (Å²) in [6.07, 6.45) is 0. The van der Waals surface area contributed by atoms with Gasteiger partial charge >= 0.3 is 0 Å². The highest BCUT2D eigenvalue weighted by atomic mass is 28.3. The summed E-state index contributed by atoms with van der Waals surface area (Å²) < 4.78 is 0. The van der Waals surface area contributed by atoms with Crippen LogP contribution in [-0.4, -0.2) is 21.9 Å². The number of hydrogen-bond acceptors (Lipinski definition) is 1. The SMILES string of the molecule is C[Si](C)(C)c1ccc(-c2ccccc2C(=O)c2ccccc2-c2ccc([Si](C)(C)C)cc2)cc1. The van der Waals surface area contributed by atoms with Crippen LogP contribution >= 0.6 is 0 Å². The zero-order valence-electron chi connectivity index (χ0n) is 21.1. The number of carbonyl (C=O) groups excluding carboxylic acids is 1. The molecule has 0 spiro atoms. The molecule has 0 aliphatic carbocycles. The highest BCUT2D eigenvalue weighted by Gasteiger charge is 2.21. The normalized spacial score (nSPS) is 11.9. The Balaban J connectivity index is 1.75. The van der Waals surface area contributed by atoms with Crippen molar-refractivity contribution in [2.75, 3.05) is 0 Å². The van der Waals surface area contributed by atoms with E-state index in [4.69, 9.17) is 0 Å². The molecule has 0 heterocycles. The van der Waals surface area contributed by atoms with Crippen molar-refractivity contribution in [2.45, 2.75) is 39.3 Å². The van der Waals surface area contributed by atoms with Crippen LogP contribution in [0.5, 0.6) is 0 Å². The Labute approximate surface area is 206 Å². The van der Waals surface area contributed by atoms with E-state index in [0.29, 0.717) is 0 Å². The van der Waals surface area contributed by atoms with Gasteiger partial charge in [0, 0.05) is 11.1 Å². The molecule has 0 unspecified atom stereocenters. The zero-order chi connectivity index (χ0) is 24.5. The first-order valence-corrected chi connectivity index (χ1v) is 19.0.